The first-order valence-corrected chi connectivity index (χ1v) is 12.4. The zero-order valence-corrected chi connectivity index (χ0v) is 20.5. The molecule has 196 valence electrons. The van der Waals surface area contributed by atoms with E-state index in [-0.39, 0.29) is 41.8 Å². The summed E-state index contributed by atoms with van der Waals surface area (Å²) < 4.78 is 53.5. The standard InChI is InChI=1S/C26H24ClF4N3O3/c27-21-9-14(1-2-20(21)26(29,30)31)12-33-7-5-15(6-8-33)17-10-16(28)11-18-19(17)13-34(25(18)37)22-3-4-23(35)32-24(22)36/h1-2,9-11,15,22H,3-8,12-13H2,(H,32,35,36). The van der Waals surface area contributed by atoms with Gasteiger partial charge >= 0.3 is 6.18 Å². The number of imide groups is 1. The molecule has 2 fully saturated rings. The lowest BCUT2D eigenvalue weighted by atomic mass is 9.85. The van der Waals surface area contributed by atoms with Crippen molar-refractivity contribution in [3.05, 3.63) is 69.0 Å². The van der Waals surface area contributed by atoms with Crippen LogP contribution < -0.4 is 5.32 Å². The van der Waals surface area contributed by atoms with Crippen LogP contribution in [0.25, 0.3) is 0 Å². The maximum Gasteiger partial charge on any atom is 0.417 e. The van der Waals surface area contributed by atoms with Crippen LogP contribution in [0.15, 0.2) is 30.3 Å². The molecule has 37 heavy (non-hydrogen) atoms. The van der Waals surface area contributed by atoms with Crippen LogP contribution in [0.2, 0.25) is 5.02 Å². The van der Waals surface area contributed by atoms with Gasteiger partial charge in [0.05, 0.1) is 10.6 Å². The van der Waals surface area contributed by atoms with Crippen molar-refractivity contribution < 1.29 is 31.9 Å². The van der Waals surface area contributed by atoms with Gasteiger partial charge in [0, 0.05) is 25.1 Å². The molecule has 3 heterocycles. The van der Waals surface area contributed by atoms with Crippen LogP contribution in [-0.4, -0.2) is 46.7 Å². The number of piperidine rings is 2. The molecular weight excluding hydrogens is 514 g/mol. The highest BCUT2D eigenvalue weighted by Crippen LogP contribution is 2.39. The van der Waals surface area contributed by atoms with Crippen molar-refractivity contribution in [2.75, 3.05) is 13.1 Å². The Bertz CT molecular complexity index is 1270. The van der Waals surface area contributed by atoms with Crippen molar-refractivity contribution in [3.63, 3.8) is 0 Å². The number of likely N-dealkylation sites (tertiary alicyclic amines) is 1. The minimum atomic E-state index is -4.51. The van der Waals surface area contributed by atoms with Gasteiger partial charge < -0.3 is 4.90 Å². The van der Waals surface area contributed by atoms with E-state index in [1.807, 2.05) is 0 Å². The number of hydrogen-bond donors (Lipinski definition) is 1. The van der Waals surface area contributed by atoms with Crippen LogP contribution in [0.1, 0.15) is 64.2 Å². The molecule has 1 atom stereocenters. The lowest BCUT2D eigenvalue weighted by Gasteiger charge is -2.33. The van der Waals surface area contributed by atoms with E-state index in [2.05, 4.69) is 10.2 Å². The summed E-state index contributed by atoms with van der Waals surface area (Å²) in [6, 6.07) is 5.64. The van der Waals surface area contributed by atoms with Crippen molar-refractivity contribution >= 4 is 29.3 Å². The average molecular weight is 538 g/mol. The van der Waals surface area contributed by atoms with Crippen LogP contribution in [0.3, 0.4) is 0 Å². The summed E-state index contributed by atoms with van der Waals surface area (Å²) in [6.45, 7) is 1.90. The third-order valence-corrected chi connectivity index (χ3v) is 7.74. The Kier molecular flexibility index (Phi) is 6.74. The van der Waals surface area contributed by atoms with Gasteiger partial charge in [-0.3, -0.25) is 24.6 Å². The molecule has 0 bridgehead atoms. The molecule has 0 radical (unpaired) electrons. The summed E-state index contributed by atoms with van der Waals surface area (Å²) in [7, 11) is 0. The lowest BCUT2D eigenvalue weighted by molar-refractivity contribution is -0.138. The second-order valence-corrected chi connectivity index (χ2v) is 10.2. The molecule has 0 aliphatic carbocycles. The molecule has 3 aliphatic rings. The van der Waals surface area contributed by atoms with E-state index in [9.17, 15) is 31.9 Å². The summed E-state index contributed by atoms with van der Waals surface area (Å²) in [6.07, 6.45) is -2.78. The van der Waals surface area contributed by atoms with Gasteiger partial charge in [-0.2, -0.15) is 13.2 Å². The normalized spacial score (nSPS) is 21.4. The predicted molar refractivity (Wildman–Crippen MR) is 126 cm³/mol. The SMILES string of the molecule is O=C1CCC(N2Cc3c(cc(F)cc3C3CCN(Cc4ccc(C(F)(F)F)c(Cl)c4)CC3)C2=O)C(=O)N1. The molecule has 11 heteroatoms. The minimum absolute atomic E-state index is 0.00796. The van der Waals surface area contributed by atoms with Crippen molar-refractivity contribution in [2.24, 2.45) is 0 Å². The van der Waals surface area contributed by atoms with Crippen molar-refractivity contribution in [3.8, 4) is 0 Å². The molecule has 3 amide bonds. The van der Waals surface area contributed by atoms with Gasteiger partial charge in [0.2, 0.25) is 11.8 Å². The van der Waals surface area contributed by atoms with Crippen LogP contribution in [0.5, 0.6) is 0 Å². The zero-order chi connectivity index (χ0) is 26.5. The van der Waals surface area contributed by atoms with E-state index >= 15 is 0 Å². The maximum atomic E-state index is 14.6. The molecule has 2 aromatic carbocycles. The highest BCUT2D eigenvalue weighted by molar-refractivity contribution is 6.31. The van der Waals surface area contributed by atoms with Crippen LogP contribution in [0.4, 0.5) is 17.6 Å². The summed E-state index contributed by atoms with van der Waals surface area (Å²) >= 11 is 5.85. The number of nitrogens with zero attached hydrogens (tertiary/aromatic N) is 2. The maximum absolute atomic E-state index is 14.6. The van der Waals surface area contributed by atoms with E-state index in [0.29, 0.717) is 43.6 Å². The number of rotatable bonds is 4. The Balaban J connectivity index is 1.28. The first-order chi connectivity index (χ1) is 17.5. The van der Waals surface area contributed by atoms with Gasteiger partial charge in [-0.1, -0.05) is 17.7 Å². The Hall–Kier alpha value is -2.98. The summed E-state index contributed by atoms with van der Waals surface area (Å²) in [4.78, 5) is 40.5. The number of benzene rings is 2. The molecule has 0 spiro atoms. The number of fused-ring (bicyclic) bond motifs is 1. The second kappa shape index (κ2) is 9.72. The predicted octanol–water partition coefficient (Wildman–Crippen LogP) is 4.64. The van der Waals surface area contributed by atoms with Gasteiger partial charge in [0.1, 0.15) is 11.9 Å². The minimum Gasteiger partial charge on any atom is -0.322 e. The quantitative estimate of drug-likeness (QED) is 0.456. The highest BCUT2D eigenvalue weighted by atomic mass is 35.5. The number of hydrogen-bond acceptors (Lipinski definition) is 4. The summed E-state index contributed by atoms with van der Waals surface area (Å²) in [5, 5.41) is 1.93. The molecular formula is C26H24ClF4N3O3. The van der Waals surface area contributed by atoms with Gasteiger partial charge in [-0.05, 0) is 79.2 Å². The molecule has 0 aromatic heterocycles. The fraction of sp³-hybridized carbons (Fsp3) is 0.423. The lowest BCUT2D eigenvalue weighted by Crippen LogP contribution is -2.52. The first-order valence-electron chi connectivity index (χ1n) is 12.1. The molecule has 3 aliphatic heterocycles. The molecule has 1 N–H and O–H groups in total. The zero-order valence-electron chi connectivity index (χ0n) is 19.7. The molecule has 0 saturated carbocycles. The van der Waals surface area contributed by atoms with E-state index in [1.165, 1.54) is 29.2 Å². The van der Waals surface area contributed by atoms with Gasteiger partial charge in [0.15, 0.2) is 0 Å². The number of carbonyl (C=O) groups excluding carboxylic acids is 3. The van der Waals surface area contributed by atoms with Crippen molar-refractivity contribution in [2.45, 2.75) is 56.9 Å². The number of halogens is 5. The Labute approximate surface area is 215 Å². The third-order valence-electron chi connectivity index (χ3n) is 7.43. The Morgan fingerprint density at radius 2 is 1.76 bits per heavy atom. The van der Waals surface area contributed by atoms with Crippen LogP contribution >= 0.6 is 11.6 Å². The highest BCUT2D eigenvalue weighted by Gasteiger charge is 2.41. The summed E-state index contributed by atoms with van der Waals surface area (Å²) in [5.41, 5.74) is 1.52. The van der Waals surface area contributed by atoms with E-state index in [4.69, 9.17) is 11.6 Å². The Morgan fingerprint density at radius 3 is 2.41 bits per heavy atom. The van der Waals surface area contributed by atoms with E-state index in [1.54, 1.807) is 0 Å². The molecule has 5 rings (SSSR count). The number of carbonyl (C=O) groups is 3. The monoisotopic (exact) mass is 537 g/mol. The Morgan fingerprint density at radius 1 is 1.03 bits per heavy atom. The second-order valence-electron chi connectivity index (χ2n) is 9.78. The average Bonchev–Trinajstić information content (AvgIpc) is 3.14. The summed E-state index contributed by atoms with van der Waals surface area (Å²) in [5.74, 6) is -1.83. The number of alkyl halides is 3. The molecule has 6 nitrogen and oxygen atoms in total. The van der Waals surface area contributed by atoms with Crippen LogP contribution in [-0.2, 0) is 28.9 Å². The van der Waals surface area contributed by atoms with Gasteiger partial charge in [-0.25, -0.2) is 4.39 Å². The molecule has 1 unspecified atom stereocenters. The number of amides is 3. The first kappa shape index (κ1) is 25.7. The van der Waals surface area contributed by atoms with Crippen molar-refractivity contribution in [1.29, 1.82) is 0 Å². The van der Waals surface area contributed by atoms with E-state index in [0.717, 1.165) is 11.6 Å². The van der Waals surface area contributed by atoms with Gasteiger partial charge in [0.25, 0.3) is 5.91 Å². The third kappa shape index (κ3) is 5.09. The van der Waals surface area contributed by atoms with Gasteiger partial charge in [-0.15, -0.1) is 0 Å². The largest absolute Gasteiger partial charge is 0.417 e. The van der Waals surface area contributed by atoms with E-state index < -0.39 is 35.4 Å². The smallest absolute Gasteiger partial charge is 0.322 e. The molecule has 2 saturated heterocycles. The van der Waals surface area contributed by atoms with Crippen molar-refractivity contribution in [1.82, 2.24) is 15.1 Å². The fourth-order valence-electron chi connectivity index (χ4n) is 5.56. The molecule has 2 aromatic rings. The van der Waals surface area contributed by atoms with Crippen LogP contribution in [0, 0.1) is 5.82 Å². The number of nitrogens with one attached hydrogen (secondary N) is 1. The fourth-order valence-corrected chi connectivity index (χ4v) is 5.87. The topological polar surface area (TPSA) is 69.7 Å².